The fourth-order valence-electron chi connectivity index (χ4n) is 1.20. The number of nitrogens with one attached hydrogen (secondary N) is 1. The Hall–Kier alpha value is -0.780. The number of rotatable bonds is 4. The number of amides is 1. The molecule has 0 radical (unpaired) electrons. The maximum atomic E-state index is 11.6. The van der Waals surface area contributed by atoms with Gasteiger partial charge in [-0.15, -0.1) is 0 Å². The number of hydrogen-bond donors (Lipinski definition) is 1. The van der Waals surface area contributed by atoms with Gasteiger partial charge in [-0.2, -0.15) is 0 Å². The number of carbonyl (C=O) groups excluding carboxylic acids is 1. The molecule has 88 valence electrons. The third kappa shape index (κ3) is 4.38. The van der Waals surface area contributed by atoms with Crippen LogP contribution >= 0.6 is 22.6 Å². The van der Waals surface area contributed by atoms with Gasteiger partial charge in [-0.1, -0.05) is 6.07 Å². The average Bonchev–Trinajstić information content (AvgIpc) is 2.16. The molecule has 0 aliphatic heterocycles. The first-order valence-corrected chi connectivity index (χ1v) is 6.29. The molecule has 0 saturated heterocycles. The molecule has 1 aromatic carbocycles. The highest BCUT2D eigenvalue weighted by Crippen LogP contribution is 2.16. The Morgan fingerprint density at radius 3 is 2.62 bits per heavy atom. The lowest BCUT2D eigenvalue weighted by molar-refractivity contribution is -0.127. The largest absolute Gasteiger partial charge is 0.481 e. The van der Waals surface area contributed by atoms with E-state index in [0.717, 1.165) is 9.32 Å². The normalized spacial score (nSPS) is 12.3. The van der Waals surface area contributed by atoms with Crippen LogP contribution in [0.5, 0.6) is 5.75 Å². The van der Waals surface area contributed by atoms with Gasteiger partial charge in [0.05, 0.1) is 0 Å². The van der Waals surface area contributed by atoms with Crippen LogP contribution in [0.3, 0.4) is 0 Å². The summed E-state index contributed by atoms with van der Waals surface area (Å²) < 4.78 is 6.63. The molecule has 0 saturated carbocycles. The van der Waals surface area contributed by atoms with Crippen LogP contribution in [0.25, 0.3) is 0 Å². The summed E-state index contributed by atoms with van der Waals surface area (Å²) in [7, 11) is 0. The van der Waals surface area contributed by atoms with E-state index < -0.39 is 6.10 Å². The summed E-state index contributed by atoms with van der Waals surface area (Å²) in [5, 5.41) is 2.81. The fraction of sp³-hybridized carbons (Fsp3) is 0.417. The van der Waals surface area contributed by atoms with Crippen molar-refractivity contribution in [1.29, 1.82) is 0 Å². The predicted octanol–water partition coefficient (Wildman–Crippen LogP) is 2.58. The molecular formula is C12H16INO2. The topological polar surface area (TPSA) is 38.3 Å². The smallest absolute Gasteiger partial charge is 0.260 e. The summed E-state index contributed by atoms with van der Waals surface area (Å²) in [6, 6.07) is 7.77. The lowest BCUT2D eigenvalue weighted by atomic mass is 10.3. The minimum atomic E-state index is -0.472. The summed E-state index contributed by atoms with van der Waals surface area (Å²) in [6.07, 6.45) is -0.472. The monoisotopic (exact) mass is 333 g/mol. The van der Waals surface area contributed by atoms with Crippen LogP contribution in [0, 0.1) is 3.57 Å². The molecule has 0 spiro atoms. The first kappa shape index (κ1) is 13.3. The zero-order valence-corrected chi connectivity index (χ0v) is 11.8. The Labute approximate surface area is 110 Å². The van der Waals surface area contributed by atoms with E-state index in [1.54, 1.807) is 6.92 Å². The first-order chi connectivity index (χ1) is 7.49. The zero-order valence-electron chi connectivity index (χ0n) is 9.66. The van der Waals surface area contributed by atoms with E-state index in [2.05, 4.69) is 27.9 Å². The fourth-order valence-corrected chi connectivity index (χ4v) is 1.71. The molecule has 0 aliphatic carbocycles. The summed E-state index contributed by atoms with van der Waals surface area (Å²) in [6.45, 7) is 5.60. The summed E-state index contributed by atoms with van der Waals surface area (Å²) in [4.78, 5) is 11.6. The summed E-state index contributed by atoms with van der Waals surface area (Å²) >= 11 is 2.21. The summed E-state index contributed by atoms with van der Waals surface area (Å²) in [5.74, 6) is 0.632. The van der Waals surface area contributed by atoms with Crippen molar-refractivity contribution in [2.45, 2.75) is 32.9 Å². The SMILES string of the molecule is CC(C)NC(=O)C(C)Oc1cccc(I)c1. The molecule has 1 atom stereocenters. The third-order valence-corrected chi connectivity index (χ3v) is 2.58. The van der Waals surface area contributed by atoms with E-state index in [4.69, 9.17) is 4.74 Å². The number of ether oxygens (including phenoxy) is 1. The van der Waals surface area contributed by atoms with Crippen molar-refractivity contribution in [3.8, 4) is 5.75 Å². The van der Waals surface area contributed by atoms with Crippen LogP contribution in [0.1, 0.15) is 20.8 Å². The predicted molar refractivity (Wildman–Crippen MR) is 72.5 cm³/mol. The number of halogens is 1. The van der Waals surface area contributed by atoms with Crippen LogP contribution in [0.15, 0.2) is 24.3 Å². The van der Waals surface area contributed by atoms with Crippen molar-refractivity contribution in [1.82, 2.24) is 5.32 Å². The average molecular weight is 333 g/mol. The lowest BCUT2D eigenvalue weighted by Gasteiger charge is -2.16. The quantitative estimate of drug-likeness (QED) is 0.860. The molecule has 0 bridgehead atoms. The van der Waals surface area contributed by atoms with Crippen molar-refractivity contribution in [2.24, 2.45) is 0 Å². The third-order valence-electron chi connectivity index (χ3n) is 1.91. The van der Waals surface area contributed by atoms with Gasteiger partial charge in [0.2, 0.25) is 0 Å². The highest BCUT2D eigenvalue weighted by molar-refractivity contribution is 14.1. The van der Waals surface area contributed by atoms with Crippen LogP contribution in [0.2, 0.25) is 0 Å². The van der Waals surface area contributed by atoms with Gasteiger partial charge in [-0.25, -0.2) is 0 Å². The van der Waals surface area contributed by atoms with E-state index in [-0.39, 0.29) is 11.9 Å². The lowest BCUT2D eigenvalue weighted by Crippen LogP contribution is -2.40. The molecule has 0 aromatic heterocycles. The van der Waals surface area contributed by atoms with E-state index in [1.807, 2.05) is 38.1 Å². The molecular weight excluding hydrogens is 317 g/mol. The maximum absolute atomic E-state index is 11.6. The van der Waals surface area contributed by atoms with Crippen molar-refractivity contribution >= 4 is 28.5 Å². The van der Waals surface area contributed by atoms with E-state index in [0.29, 0.717) is 0 Å². The highest BCUT2D eigenvalue weighted by Gasteiger charge is 2.15. The Bertz CT molecular complexity index is 366. The standard InChI is InChI=1S/C12H16INO2/c1-8(2)14-12(15)9(3)16-11-6-4-5-10(13)7-11/h4-9H,1-3H3,(H,14,15). The molecule has 0 aliphatic rings. The maximum Gasteiger partial charge on any atom is 0.260 e. The second-order valence-electron chi connectivity index (χ2n) is 3.88. The van der Waals surface area contributed by atoms with Crippen LogP contribution in [-0.2, 0) is 4.79 Å². The van der Waals surface area contributed by atoms with Gasteiger partial charge in [0, 0.05) is 9.61 Å². The van der Waals surface area contributed by atoms with Crippen molar-refractivity contribution < 1.29 is 9.53 Å². The van der Waals surface area contributed by atoms with Gasteiger partial charge in [0.15, 0.2) is 6.10 Å². The second kappa shape index (κ2) is 6.08. The molecule has 3 nitrogen and oxygen atoms in total. The summed E-state index contributed by atoms with van der Waals surface area (Å²) in [5.41, 5.74) is 0. The molecule has 1 aromatic rings. The Morgan fingerprint density at radius 1 is 1.38 bits per heavy atom. The minimum absolute atomic E-state index is 0.0890. The van der Waals surface area contributed by atoms with Crippen molar-refractivity contribution in [3.05, 3.63) is 27.8 Å². The molecule has 4 heteroatoms. The number of benzene rings is 1. The first-order valence-electron chi connectivity index (χ1n) is 5.21. The van der Waals surface area contributed by atoms with E-state index in [1.165, 1.54) is 0 Å². The van der Waals surface area contributed by atoms with Crippen molar-refractivity contribution in [2.75, 3.05) is 0 Å². The molecule has 1 unspecified atom stereocenters. The van der Waals surface area contributed by atoms with Crippen LogP contribution < -0.4 is 10.1 Å². The van der Waals surface area contributed by atoms with E-state index >= 15 is 0 Å². The Kier molecular flexibility index (Phi) is 5.05. The van der Waals surface area contributed by atoms with Gasteiger partial charge >= 0.3 is 0 Å². The van der Waals surface area contributed by atoms with Crippen LogP contribution in [0.4, 0.5) is 0 Å². The minimum Gasteiger partial charge on any atom is -0.481 e. The molecule has 1 N–H and O–H groups in total. The van der Waals surface area contributed by atoms with E-state index in [9.17, 15) is 4.79 Å². The molecule has 0 fully saturated rings. The van der Waals surface area contributed by atoms with Crippen LogP contribution in [-0.4, -0.2) is 18.1 Å². The van der Waals surface area contributed by atoms with Gasteiger partial charge < -0.3 is 10.1 Å². The molecule has 1 amide bonds. The molecule has 1 rings (SSSR count). The van der Waals surface area contributed by atoms with Gasteiger partial charge in [-0.05, 0) is 61.6 Å². The second-order valence-corrected chi connectivity index (χ2v) is 5.13. The van der Waals surface area contributed by atoms with Gasteiger partial charge in [0.25, 0.3) is 5.91 Å². The zero-order chi connectivity index (χ0) is 12.1. The molecule has 0 heterocycles. The molecule has 16 heavy (non-hydrogen) atoms. The number of carbonyl (C=O) groups is 1. The van der Waals surface area contributed by atoms with Gasteiger partial charge in [-0.3, -0.25) is 4.79 Å². The van der Waals surface area contributed by atoms with Gasteiger partial charge in [0.1, 0.15) is 5.75 Å². The Morgan fingerprint density at radius 2 is 2.06 bits per heavy atom. The van der Waals surface area contributed by atoms with Crippen molar-refractivity contribution in [3.63, 3.8) is 0 Å². The Balaban J connectivity index is 2.57. The number of hydrogen-bond acceptors (Lipinski definition) is 2. The highest BCUT2D eigenvalue weighted by atomic mass is 127.